The second kappa shape index (κ2) is 9.56. The molecular formula is C28H20N2O7S. The highest BCUT2D eigenvalue weighted by atomic mass is 32.2. The Labute approximate surface area is 218 Å². The van der Waals surface area contributed by atoms with Crippen molar-refractivity contribution in [2.75, 3.05) is 13.1 Å². The highest BCUT2D eigenvalue weighted by molar-refractivity contribution is 7.89. The number of allylic oxidation sites excluding steroid dienone is 1. The molecule has 0 fully saturated rings. The molecule has 0 spiro atoms. The highest BCUT2D eigenvalue weighted by Crippen LogP contribution is 2.39. The fourth-order valence-corrected chi connectivity index (χ4v) is 6.00. The number of esters is 1. The van der Waals surface area contributed by atoms with Crippen LogP contribution in [-0.4, -0.2) is 54.3 Å². The van der Waals surface area contributed by atoms with Crippen LogP contribution in [0.25, 0.3) is 5.76 Å². The van der Waals surface area contributed by atoms with Gasteiger partial charge in [-0.1, -0.05) is 60.7 Å². The van der Waals surface area contributed by atoms with E-state index in [0.29, 0.717) is 0 Å². The summed E-state index contributed by atoms with van der Waals surface area (Å²) in [5, 5.41) is 0. The molecular weight excluding hydrogens is 508 g/mol. The van der Waals surface area contributed by atoms with Crippen LogP contribution < -0.4 is 0 Å². The quantitative estimate of drug-likeness (QED) is 0.200. The lowest BCUT2D eigenvalue weighted by molar-refractivity contribution is -0.137. The number of nitrogens with zero attached hydrogens (tertiary/aromatic N) is 2. The fourth-order valence-electron chi connectivity index (χ4n) is 4.37. The van der Waals surface area contributed by atoms with Crippen LogP contribution in [0.1, 0.15) is 36.6 Å². The van der Waals surface area contributed by atoms with Gasteiger partial charge in [0.2, 0.25) is 5.78 Å². The van der Waals surface area contributed by atoms with Gasteiger partial charge in [-0.3, -0.25) is 23.6 Å². The van der Waals surface area contributed by atoms with Crippen molar-refractivity contribution in [2.45, 2.75) is 4.90 Å². The van der Waals surface area contributed by atoms with Gasteiger partial charge in [0.15, 0.2) is 5.76 Å². The average molecular weight is 529 g/mol. The van der Waals surface area contributed by atoms with Gasteiger partial charge in [-0.05, 0) is 24.3 Å². The van der Waals surface area contributed by atoms with E-state index in [9.17, 15) is 27.6 Å². The lowest BCUT2D eigenvalue weighted by atomic mass is 10.0. The second-order valence-electron chi connectivity index (χ2n) is 8.41. The number of hydrogen-bond donors (Lipinski definition) is 0. The molecule has 3 aromatic carbocycles. The number of carbonyl (C=O) groups is 4. The van der Waals surface area contributed by atoms with E-state index in [4.69, 9.17) is 4.74 Å². The first-order valence-corrected chi connectivity index (χ1v) is 12.9. The number of amides is 2. The Balaban J connectivity index is 1.59. The minimum absolute atomic E-state index is 0.00260. The molecule has 0 saturated heterocycles. The van der Waals surface area contributed by atoms with Crippen LogP contribution in [-0.2, 0) is 19.6 Å². The maximum atomic E-state index is 13.7. The lowest BCUT2D eigenvalue weighted by Crippen LogP contribution is -2.40. The molecule has 0 N–H and O–H groups in total. The van der Waals surface area contributed by atoms with Gasteiger partial charge in [-0.15, -0.1) is 6.58 Å². The minimum Gasteiger partial charge on any atom is -0.422 e. The van der Waals surface area contributed by atoms with Crippen molar-refractivity contribution in [3.63, 3.8) is 0 Å². The van der Waals surface area contributed by atoms with Crippen LogP contribution in [0.2, 0.25) is 0 Å². The first-order valence-electron chi connectivity index (χ1n) is 11.5. The molecule has 0 unspecified atom stereocenters. The Morgan fingerprint density at radius 1 is 0.816 bits per heavy atom. The molecule has 0 aliphatic carbocycles. The van der Waals surface area contributed by atoms with Gasteiger partial charge in [-0.25, -0.2) is 13.2 Å². The third-order valence-corrected chi connectivity index (χ3v) is 7.92. The van der Waals surface area contributed by atoms with Crippen molar-refractivity contribution in [1.82, 2.24) is 9.21 Å². The van der Waals surface area contributed by atoms with Crippen molar-refractivity contribution < 1.29 is 32.3 Å². The lowest BCUT2D eigenvalue weighted by Gasteiger charge is -2.32. The van der Waals surface area contributed by atoms with E-state index in [2.05, 4.69) is 6.58 Å². The number of rotatable bonds is 7. The first-order chi connectivity index (χ1) is 18.3. The minimum atomic E-state index is -4.22. The number of Topliss-reactive ketones (excluding diaryl/α,β-unsaturated/α-hetero) is 1. The zero-order valence-corrected chi connectivity index (χ0v) is 20.7. The smallest absolute Gasteiger partial charge is 0.331 e. The van der Waals surface area contributed by atoms with Crippen LogP contribution in [0.15, 0.2) is 102 Å². The molecule has 3 aromatic rings. The average Bonchev–Trinajstić information content (AvgIpc) is 3.16. The maximum Gasteiger partial charge on any atom is 0.331 e. The highest BCUT2D eigenvalue weighted by Gasteiger charge is 2.42. The van der Waals surface area contributed by atoms with Gasteiger partial charge >= 0.3 is 5.97 Å². The Kier molecular flexibility index (Phi) is 6.25. The normalized spacial score (nSPS) is 15.7. The summed E-state index contributed by atoms with van der Waals surface area (Å²) < 4.78 is 33.5. The van der Waals surface area contributed by atoms with E-state index in [-0.39, 0.29) is 45.2 Å². The zero-order chi connectivity index (χ0) is 27.0. The van der Waals surface area contributed by atoms with Crippen molar-refractivity contribution in [1.29, 1.82) is 0 Å². The van der Waals surface area contributed by atoms with Crippen molar-refractivity contribution in [3.8, 4) is 0 Å². The van der Waals surface area contributed by atoms with E-state index in [0.717, 1.165) is 9.21 Å². The number of hydrogen-bond acceptors (Lipinski definition) is 7. The van der Waals surface area contributed by atoms with Crippen molar-refractivity contribution in [2.24, 2.45) is 0 Å². The molecule has 9 nitrogen and oxygen atoms in total. The van der Waals surface area contributed by atoms with Gasteiger partial charge in [-0.2, -0.15) is 0 Å². The molecule has 0 aromatic heterocycles. The van der Waals surface area contributed by atoms with E-state index in [1.165, 1.54) is 48.5 Å². The third-order valence-electron chi connectivity index (χ3n) is 6.09. The summed E-state index contributed by atoms with van der Waals surface area (Å²) in [4.78, 5) is 52.9. The van der Waals surface area contributed by atoms with Crippen LogP contribution in [0.4, 0.5) is 0 Å². The van der Waals surface area contributed by atoms with E-state index >= 15 is 0 Å². The number of fused-ring (bicyclic) bond motifs is 2. The van der Waals surface area contributed by atoms with Gasteiger partial charge in [0, 0.05) is 11.1 Å². The summed E-state index contributed by atoms with van der Waals surface area (Å²) >= 11 is 0. The van der Waals surface area contributed by atoms with Gasteiger partial charge in [0.05, 0.1) is 22.6 Å². The zero-order valence-electron chi connectivity index (χ0n) is 19.9. The summed E-state index contributed by atoms with van der Waals surface area (Å²) in [6, 6.07) is 19.9. The van der Waals surface area contributed by atoms with Crippen LogP contribution in [0.5, 0.6) is 0 Å². The van der Waals surface area contributed by atoms with Gasteiger partial charge in [0.25, 0.3) is 21.8 Å². The number of sulfonamides is 1. The fraction of sp³-hybridized carbons (Fsp3) is 0.0714. The summed E-state index contributed by atoms with van der Waals surface area (Å²) in [6.45, 7) is 2.59. The van der Waals surface area contributed by atoms with E-state index < -0.39 is 40.1 Å². The largest absolute Gasteiger partial charge is 0.422 e. The molecule has 0 bridgehead atoms. The van der Waals surface area contributed by atoms with Gasteiger partial charge < -0.3 is 4.74 Å². The number of imide groups is 1. The predicted molar refractivity (Wildman–Crippen MR) is 136 cm³/mol. The standard InChI is InChI=1S/C28H20N2O7S/c1-2-16-30-24(25(32)18-10-4-3-5-11-18)26(21-14-8-9-15-22(21)38(30,35)36)37-23(31)17-29-27(33)19-12-6-7-13-20(19)28(29)34/h2-15H,1,16-17H2. The SMILES string of the molecule is C=CCN1C(C(=O)c2ccccc2)=C(OC(=O)CN2C(=O)c3ccccc3C2=O)c2ccccc2S1(=O)=O. The maximum absolute atomic E-state index is 13.7. The van der Waals surface area contributed by atoms with Crippen LogP contribution in [0.3, 0.4) is 0 Å². The molecule has 10 heteroatoms. The molecule has 5 rings (SSSR count). The molecule has 2 aliphatic heterocycles. The van der Waals surface area contributed by atoms with Crippen LogP contribution in [0, 0.1) is 0 Å². The van der Waals surface area contributed by atoms with Gasteiger partial charge in [0.1, 0.15) is 12.2 Å². The number of benzene rings is 3. The number of carbonyl (C=O) groups excluding carboxylic acids is 4. The summed E-state index contributed by atoms with van der Waals surface area (Å²) in [5.74, 6) is -3.34. The summed E-state index contributed by atoms with van der Waals surface area (Å²) in [7, 11) is -4.22. The molecule has 0 saturated carbocycles. The molecule has 190 valence electrons. The molecule has 2 aliphatic rings. The van der Waals surface area contributed by atoms with Crippen molar-refractivity contribution in [3.05, 3.63) is 119 Å². The van der Waals surface area contributed by atoms with Crippen molar-refractivity contribution >= 4 is 39.3 Å². The Morgan fingerprint density at radius 2 is 1.37 bits per heavy atom. The topological polar surface area (TPSA) is 118 Å². The Hall–Kier alpha value is -4.83. The molecule has 0 atom stereocenters. The Morgan fingerprint density at radius 3 is 1.97 bits per heavy atom. The van der Waals surface area contributed by atoms with Crippen LogP contribution >= 0.6 is 0 Å². The molecule has 38 heavy (non-hydrogen) atoms. The first kappa shape index (κ1) is 24.8. The monoisotopic (exact) mass is 528 g/mol. The van der Waals surface area contributed by atoms with E-state index in [1.54, 1.807) is 36.4 Å². The Bertz CT molecular complexity index is 1620. The van der Waals surface area contributed by atoms with E-state index in [1.807, 2.05) is 0 Å². The number of ketones is 1. The summed E-state index contributed by atoms with van der Waals surface area (Å²) in [6.07, 6.45) is 1.31. The second-order valence-corrected chi connectivity index (χ2v) is 10.2. The molecule has 2 amide bonds. The third kappa shape index (κ3) is 4.00. The molecule has 0 radical (unpaired) electrons. The predicted octanol–water partition coefficient (Wildman–Crippen LogP) is 3.27. The number of ether oxygens (including phenoxy) is 1. The summed E-state index contributed by atoms with van der Waals surface area (Å²) in [5.41, 5.74) is 0.111. The molecule has 2 heterocycles.